The van der Waals surface area contributed by atoms with E-state index in [-0.39, 0.29) is 27.9 Å². The largest absolute Gasteiger partial charge is 0.495 e. The van der Waals surface area contributed by atoms with Gasteiger partial charge in [-0.05, 0) is 24.3 Å². The second-order valence-electron chi connectivity index (χ2n) is 5.64. The molecule has 29 heavy (non-hydrogen) atoms. The van der Waals surface area contributed by atoms with Crippen molar-refractivity contribution < 1.29 is 28.8 Å². The molecule has 0 atom stereocenters. The standard InChI is InChI=1S/C18H16ClN3O7/c1-10(23)20-11-3-6-16(28-2)15(7-11)21-17(24)9-29-18(25)13-5-4-12(22(26)27)8-14(13)19/h3-8H,9H2,1-2H3,(H,20,23)(H,21,24). The molecular weight excluding hydrogens is 406 g/mol. The highest BCUT2D eigenvalue weighted by Gasteiger charge is 2.18. The molecule has 2 amide bonds. The van der Waals surface area contributed by atoms with Gasteiger partial charge in [0.15, 0.2) is 6.61 Å². The highest BCUT2D eigenvalue weighted by Crippen LogP contribution is 2.28. The number of carbonyl (C=O) groups is 3. The maximum absolute atomic E-state index is 12.1. The molecule has 0 fully saturated rings. The van der Waals surface area contributed by atoms with Gasteiger partial charge in [-0.3, -0.25) is 19.7 Å². The molecule has 0 unspecified atom stereocenters. The lowest BCUT2D eigenvalue weighted by Crippen LogP contribution is -2.21. The zero-order valence-electron chi connectivity index (χ0n) is 15.4. The Hall–Kier alpha value is -3.66. The van der Waals surface area contributed by atoms with E-state index in [4.69, 9.17) is 21.1 Å². The molecule has 0 aromatic heterocycles. The number of nitrogens with one attached hydrogen (secondary N) is 2. The van der Waals surface area contributed by atoms with Crippen molar-refractivity contribution in [3.05, 3.63) is 57.1 Å². The molecule has 152 valence electrons. The second-order valence-corrected chi connectivity index (χ2v) is 6.05. The number of esters is 1. The first-order chi connectivity index (χ1) is 13.7. The predicted octanol–water partition coefficient (Wildman–Crippen LogP) is 3.01. The Morgan fingerprint density at radius 3 is 2.45 bits per heavy atom. The summed E-state index contributed by atoms with van der Waals surface area (Å²) in [6, 6.07) is 7.86. The summed E-state index contributed by atoms with van der Waals surface area (Å²) in [5.41, 5.74) is 0.294. The van der Waals surface area contributed by atoms with E-state index in [2.05, 4.69) is 10.6 Å². The fraction of sp³-hybridized carbons (Fsp3) is 0.167. The Labute approximate surface area is 169 Å². The van der Waals surface area contributed by atoms with E-state index in [9.17, 15) is 24.5 Å². The number of ether oxygens (including phenoxy) is 2. The molecule has 0 saturated carbocycles. The number of nitro groups is 1. The average Bonchev–Trinajstić information content (AvgIpc) is 2.65. The summed E-state index contributed by atoms with van der Waals surface area (Å²) in [5, 5.41) is 15.6. The van der Waals surface area contributed by atoms with Crippen molar-refractivity contribution in [2.24, 2.45) is 0 Å². The van der Waals surface area contributed by atoms with Crippen molar-refractivity contribution in [3.8, 4) is 5.75 Å². The summed E-state index contributed by atoms with van der Waals surface area (Å²) in [5.74, 6) is -1.55. The third kappa shape index (κ3) is 5.91. The van der Waals surface area contributed by atoms with Crippen LogP contribution in [-0.4, -0.2) is 36.4 Å². The first kappa shape index (κ1) is 21.6. The summed E-state index contributed by atoms with van der Waals surface area (Å²) in [4.78, 5) is 45.4. The lowest BCUT2D eigenvalue weighted by atomic mass is 10.2. The normalized spacial score (nSPS) is 10.0. The van der Waals surface area contributed by atoms with Crippen LogP contribution in [0.5, 0.6) is 5.75 Å². The van der Waals surface area contributed by atoms with E-state index in [0.29, 0.717) is 11.4 Å². The molecule has 2 aromatic carbocycles. The maximum Gasteiger partial charge on any atom is 0.340 e. The van der Waals surface area contributed by atoms with Crippen molar-refractivity contribution in [1.82, 2.24) is 0 Å². The van der Waals surface area contributed by atoms with E-state index < -0.39 is 23.4 Å². The quantitative estimate of drug-likeness (QED) is 0.398. The van der Waals surface area contributed by atoms with Crippen LogP contribution < -0.4 is 15.4 Å². The molecule has 10 nitrogen and oxygen atoms in total. The van der Waals surface area contributed by atoms with Gasteiger partial charge in [0.1, 0.15) is 5.75 Å². The third-order valence-electron chi connectivity index (χ3n) is 3.51. The topological polar surface area (TPSA) is 137 Å². The molecule has 0 aliphatic heterocycles. The van der Waals surface area contributed by atoms with E-state index in [1.807, 2.05) is 0 Å². The van der Waals surface area contributed by atoms with Crippen molar-refractivity contribution >= 4 is 46.4 Å². The number of nitrogens with zero attached hydrogens (tertiary/aromatic N) is 1. The van der Waals surface area contributed by atoms with E-state index in [1.165, 1.54) is 20.1 Å². The fourth-order valence-electron chi connectivity index (χ4n) is 2.26. The molecule has 2 N–H and O–H groups in total. The monoisotopic (exact) mass is 421 g/mol. The van der Waals surface area contributed by atoms with Crippen LogP contribution in [0, 0.1) is 10.1 Å². The molecule has 11 heteroatoms. The van der Waals surface area contributed by atoms with Gasteiger partial charge in [0.25, 0.3) is 11.6 Å². The van der Waals surface area contributed by atoms with E-state index in [0.717, 1.165) is 18.2 Å². The number of halogens is 1. The van der Waals surface area contributed by atoms with Crippen LogP contribution in [0.2, 0.25) is 5.02 Å². The van der Waals surface area contributed by atoms with Crippen molar-refractivity contribution in [2.75, 3.05) is 24.4 Å². The van der Waals surface area contributed by atoms with Gasteiger partial charge < -0.3 is 20.1 Å². The minimum absolute atomic E-state index is 0.115. The summed E-state index contributed by atoms with van der Waals surface area (Å²) in [6.45, 7) is 0.699. The number of anilines is 2. The Kier molecular flexibility index (Phi) is 7.10. The summed E-state index contributed by atoms with van der Waals surface area (Å²) < 4.78 is 10.0. The Morgan fingerprint density at radius 1 is 1.14 bits per heavy atom. The summed E-state index contributed by atoms with van der Waals surface area (Å²) in [6.07, 6.45) is 0. The van der Waals surface area contributed by atoms with Gasteiger partial charge in [0.05, 0.1) is 28.3 Å². The number of methoxy groups -OCH3 is 1. The maximum atomic E-state index is 12.1. The molecule has 0 heterocycles. The smallest absolute Gasteiger partial charge is 0.340 e. The van der Waals surface area contributed by atoms with Gasteiger partial charge in [-0.1, -0.05) is 11.6 Å². The molecule has 0 spiro atoms. The van der Waals surface area contributed by atoms with Crippen LogP contribution >= 0.6 is 11.6 Å². The van der Waals surface area contributed by atoms with E-state index >= 15 is 0 Å². The van der Waals surface area contributed by atoms with Crippen LogP contribution in [-0.2, 0) is 14.3 Å². The minimum Gasteiger partial charge on any atom is -0.495 e. The minimum atomic E-state index is -0.918. The number of carbonyl (C=O) groups excluding carboxylic acids is 3. The number of benzene rings is 2. The van der Waals surface area contributed by atoms with Crippen molar-refractivity contribution in [3.63, 3.8) is 0 Å². The number of hydrogen-bond acceptors (Lipinski definition) is 7. The SMILES string of the molecule is COc1ccc(NC(C)=O)cc1NC(=O)COC(=O)c1ccc([N+](=O)[O-])cc1Cl. The van der Waals surface area contributed by atoms with Gasteiger partial charge >= 0.3 is 5.97 Å². The molecule has 0 radical (unpaired) electrons. The molecule has 0 aliphatic rings. The third-order valence-corrected chi connectivity index (χ3v) is 3.82. The van der Waals surface area contributed by atoms with Gasteiger partial charge in [0.2, 0.25) is 5.91 Å². The lowest BCUT2D eigenvalue weighted by molar-refractivity contribution is -0.384. The molecule has 0 saturated heterocycles. The molecule has 2 aromatic rings. The second kappa shape index (κ2) is 9.51. The number of amides is 2. The number of rotatable bonds is 7. The van der Waals surface area contributed by atoms with Crippen LogP contribution in [0.1, 0.15) is 17.3 Å². The van der Waals surface area contributed by atoms with Gasteiger partial charge in [-0.15, -0.1) is 0 Å². The van der Waals surface area contributed by atoms with Crippen molar-refractivity contribution in [2.45, 2.75) is 6.92 Å². The zero-order valence-corrected chi connectivity index (χ0v) is 16.1. The first-order valence-electron chi connectivity index (χ1n) is 8.07. The summed E-state index contributed by atoms with van der Waals surface area (Å²) >= 11 is 5.86. The molecule has 0 bridgehead atoms. The number of hydrogen-bond donors (Lipinski definition) is 2. The first-order valence-corrected chi connectivity index (χ1v) is 8.45. The Morgan fingerprint density at radius 2 is 1.86 bits per heavy atom. The predicted molar refractivity (Wildman–Crippen MR) is 104 cm³/mol. The highest BCUT2D eigenvalue weighted by molar-refractivity contribution is 6.33. The lowest BCUT2D eigenvalue weighted by Gasteiger charge is -2.12. The molecular formula is C18H16ClN3O7. The number of non-ortho nitro benzene ring substituents is 1. The Balaban J connectivity index is 2.03. The fourth-order valence-corrected chi connectivity index (χ4v) is 2.52. The van der Waals surface area contributed by atoms with E-state index in [1.54, 1.807) is 12.1 Å². The van der Waals surface area contributed by atoms with Gasteiger partial charge in [-0.25, -0.2) is 4.79 Å². The average molecular weight is 422 g/mol. The van der Waals surface area contributed by atoms with Crippen LogP contribution in [0.3, 0.4) is 0 Å². The van der Waals surface area contributed by atoms with Crippen LogP contribution in [0.25, 0.3) is 0 Å². The molecule has 2 rings (SSSR count). The highest BCUT2D eigenvalue weighted by atomic mass is 35.5. The number of nitro benzene ring substituents is 1. The summed E-state index contributed by atoms with van der Waals surface area (Å²) in [7, 11) is 1.40. The van der Waals surface area contributed by atoms with Crippen molar-refractivity contribution in [1.29, 1.82) is 0 Å². The zero-order chi connectivity index (χ0) is 21.6. The van der Waals surface area contributed by atoms with Crippen LogP contribution in [0.4, 0.5) is 17.1 Å². The Bertz CT molecular complexity index is 978. The van der Waals surface area contributed by atoms with Gasteiger partial charge in [0, 0.05) is 24.7 Å². The molecule has 0 aliphatic carbocycles. The van der Waals surface area contributed by atoms with Gasteiger partial charge in [-0.2, -0.15) is 0 Å². The van der Waals surface area contributed by atoms with Crippen LogP contribution in [0.15, 0.2) is 36.4 Å².